The van der Waals surface area contributed by atoms with Crippen LogP contribution in [-0.2, 0) is 11.4 Å². The lowest BCUT2D eigenvalue weighted by Gasteiger charge is -2.32. The molecule has 2 aromatic rings. The zero-order valence-electron chi connectivity index (χ0n) is 12.9. The Morgan fingerprint density at radius 2 is 1.82 bits per heavy atom. The Kier molecular flexibility index (Phi) is 4.42. The van der Waals surface area contributed by atoms with E-state index < -0.39 is 0 Å². The van der Waals surface area contributed by atoms with Crippen LogP contribution < -0.4 is 9.64 Å². The normalized spacial score (nSPS) is 18.3. The minimum atomic E-state index is 0.128. The third-order valence-corrected chi connectivity index (χ3v) is 4.12. The van der Waals surface area contributed by atoms with Crippen LogP contribution in [0.3, 0.4) is 0 Å². The Labute approximate surface area is 131 Å². The summed E-state index contributed by atoms with van der Waals surface area (Å²) in [5.41, 5.74) is 2.32. The number of anilines is 1. The first-order valence-corrected chi connectivity index (χ1v) is 7.77. The van der Waals surface area contributed by atoms with Gasteiger partial charge in [-0.1, -0.05) is 37.3 Å². The maximum absolute atomic E-state index is 11.6. The number of nitrogens with zero attached hydrogens (tertiary/aromatic N) is 1. The molecule has 114 valence electrons. The van der Waals surface area contributed by atoms with E-state index in [-0.39, 0.29) is 5.92 Å². The van der Waals surface area contributed by atoms with Gasteiger partial charge in [-0.25, -0.2) is 0 Å². The number of hydrogen-bond donors (Lipinski definition) is 0. The molecule has 3 heteroatoms. The number of piperidine rings is 1. The molecule has 0 bridgehead atoms. The smallest absolute Gasteiger partial charge is 0.139 e. The van der Waals surface area contributed by atoms with Gasteiger partial charge in [0.2, 0.25) is 0 Å². The lowest BCUT2D eigenvalue weighted by atomic mass is 9.98. The second kappa shape index (κ2) is 6.65. The summed E-state index contributed by atoms with van der Waals surface area (Å²) in [5.74, 6) is 1.37. The summed E-state index contributed by atoms with van der Waals surface area (Å²) in [7, 11) is 0. The zero-order valence-corrected chi connectivity index (χ0v) is 12.9. The van der Waals surface area contributed by atoms with E-state index in [9.17, 15) is 4.79 Å². The molecule has 0 aromatic heterocycles. The molecule has 0 spiro atoms. The number of Topliss-reactive ketones (excluding diaryl/α,β-unsaturated/α-hetero) is 1. The molecule has 22 heavy (non-hydrogen) atoms. The Balaban J connectivity index is 1.59. The van der Waals surface area contributed by atoms with Crippen molar-refractivity contribution in [3.8, 4) is 5.75 Å². The summed E-state index contributed by atoms with van der Waals surface area (Å²) < 4.78 is 5.80. The number of benzene rings is 2. The Morgan fingerprint density at radius 3 is 2.50 bits per heavy atom. The van der Waals surface area contributed by atoms with Crippen LogP contribution in [0, 0.1) is 5.92 Å². The first kappa shape index (κ1) is 14.6. The molecule has 1 atom stereocenters. The van der Waals surface area contributed by atoms with Crippen molar-refractivity contribution in [2.24, 2.45) is 5.92 Å². The number of ketones is 1. The summed E-state index contributed by atoms with van der Waals surface area (Å²) in [6.45, 7) is 4.21. The fourth-order valence-electron chi connectivity index (χ4n) is 2.74. The van der Waals surface area contributed by atoms with Gasteiger partial charge in [0.1, 0.15) is 18.1 Å². The van der Waals surface area contributed by atoms with Crippen LogP contribution in [0.4, 0.5) is 5.69 Å². The van der Waals surface area contributed by atoms with Crippen LogP contribution in [0.5, 0.6) is 5.75 Å². The van der Waals surface area contributed by atoms with Gasteiger partial charge >= 0.3 is 0 Å². The van der Waals surface area contributed by atoms with Gasteiger partial charge in [-0.3, -0.25) is 4.79 Å². The first-order chi connectivity index (χ1) is 10.7. The molecule has 0 radical (unpaired) electrons. The van der Waals surface area contributed by atoms with E-state index in [1.807, 2.05) is 37.3 Å². The van der Waals surface area contributed by atoms with Crippen LogP contribution in [0.1, 0.15) is 18.9 Å². The molecular formula is C19H21NO2. The lowest BCUT2D eigenvalue weighted by Crippen LogP contribution is -2.39. The number of hydrogen-bond acceptors (Lipinski definition) is 3. The van der Waals surface area contributed by atoms with Crippen LogP contribution in [0.25, 0.3) is 0 Å². The van der Waals surface area contributed by atoms with E-state index in [1.165, 1.54) is 0 Å². The number of rotatable bonds is 4. The zero-order chi connectivity index (χ0) is 15.4. The minimum Gasteiger partial charge on any atom is -0.489 e. The predicted molar refractivity (Wildman–Crippen MR) is 88.2 cm³/mol. The second-order valence-electron chi connectivity index (χ2n) is 5.83. The molecule has 0 aliphatic carbocycles. The average molecular weight is 295 g/mol. The van der Waals surface area contributed by atoms with Crippen molar-refractivity contribution in [2.45, 2.75) is 20.0 Å². The van der Waals surface area contributed by atoms with Crippen molar-refractivity contribution in [1.29, 1.82) is 0 Å². The monoisotopic (exact) mass is 295 g/mol. The van der Waals surface area contributed by atoms with Crippen molar-refractivity contribution >= 4 is 11.5 Å². The second-order valence-corrected chi connectivity index (χ2v) is 5.83. The van der Waals surface area contributed by atoms with Gasteiger partial charge in [0.25, 0.3) is 0 Å². The molecule has 0 unspecified atom stereocenters. The Bertz CT molecular complexity index is 622. The maximum Gasteiger partial charge on any atom is 0.139 e. The average Bonchev–Trinajstić information content (AvgIpc) is 2.57. The summed E-state index contributed by atoms with van der Waals surface area (Å²) >= 11 is 0. The summed E-state index contributed by atoms with van der Waals surface area (Å²) in [6, 6.07) is 18.3. The molecule has 1 saturated heterocycles. The summed E-state index contributed by atoms with van der Waals surface area (Å²) in [5, 5.41) is 0. The SMILES string of the molecule is C[C@H]1CN(c2ccc(OCc3ccccc3)cc2)CCC1=O. The van der Waals surface area contributed by atoms with Crippen LogP contribution in [0.15, 0.2) is 54.6 Å². The topological polar surface area (TPSA) is 29.5 Å². The highest BCUT2D eigenvalue weighted by Gasteiger charge is 2.23. The fraction of sp³-hybridized carbons (Fsp3) is 0.316. The molecule has 0 saturated carbocycles. The Morgan fingerprint density at radius 1 is 1.09 bits per heavy atom. The third kappa shape index (κ3) is 3.48. The van der Waals surface area contributed by atoms with Crippen molar-refractivity contribution in [1.82, 2.24) is 0 Å². The fourth-order valence-corrected chi connectivity index (χ4v) is 2.74. The highest BCUT2D eigenvalue weighted by atomic mass is 16.5. The standard InChI is InChI=1S/C19H21NO2/c1-15-13-20(12-11-19(15)21)17-7-9-18(10-8-17)22-14-16-5-3-2-4-6-16/h2-10,15H,11-14H2,1H3/t15-/m0/s1. The molecule has 0 amide bonds. The van der Waals surface area contributed by atoms with Crippen molar-refractivity contribution in [3.63, 3.8) is 0 Å². The number of carbonyl (C=O) groups is 1. The van der Waals surface area contributed by atoms with E-state index in [4.69, 9.17) is 4.74 Å². The van der Waals surface area contributed by atoms with Crippen LogP contribution in [0.2, 0.25) is 0 Å². The van der Waals surface area contributed by atoms with Crippen molar-refractivity contribution < 1.29 is 9.53 Å². The third-order valence-electron chi connectivity index (χ3n) is 4.12. The van der Waals surface area contributed by atoms with Crippen molar-refractivity contribution in [3.05, 3.63) is 60.2 Å². The van der Waals surface area contributed by atoms with E-state index in [0.717, 1.165) is 30.1 Å². The van der Waals surface area contributed by atoms with Gasteiger partial charge in [0.15, 0.2) is 0 Å². The van der Waals surface area contributed by atoms with E-state index in [0.29, 0.717) is 18.8 Å². The van der Waals surface area contributed by atoms with E-state index in [2.05, 4.69) is 29.2 Å². The van der Waals surface area contributed by atoms with E-state index in [1.54, 1.807) is 0 Å². The van der Waals surface area contributed by atoms with Gasteiger partial charge in [0, 0.05) is 31.1 Å². The molecule has 2 aromatic carbocycles. The maximum atomic E-state index is 11.6. The summed E-state index contributed by atoms with van der Waals surface area (Å²) in [4.78, 5) is 13.9. The van der Waals surface area contributed by atoms with Crippen LogP contribution >= 0.6 is 0 Å². The highest BCUT2D eigenvalue weighted by Crippen LogP contribution is 2.24. The lowest BCUT2D eigenvalue weighted by molar-refractivity contribution is -0.122. The van der Waals surface area contributed by atoms with E-state index >= 15 is 0 Å². The van der Waals surface area contributed by atoms with Gasteiger partial charge in [-0.05, 0) is 29.8 Å². The molecule has 3 nitrogen and oxygen atoms in total. The molecule has 1 fully saturated rings. The molecule has 3 rings (SSSR count). The molecule has 1 aliphatic rings. The van der Waals surface area contributed by atoms with Gasteiger partial charge < -0.3 is 9.64 Å². The molecular weight excluding hydrogens is 274 g/mol. The number of carbonyl (C=O) groups excluding carboxylic acids is 1. The molecule has 1 heterocycles. The molecule has 1 aliphatic heterocycles. The number of ether oxygens (including phenoxy) is 1. The Hall–Kier alpha value is -2.29. The van der Waals surface area contributed by atoms with Gasteiger partial charge in [-0.15, -0.1) is 0 Å². The summed E-state index contributed by atoms with van der Waals surface area (Å²) in [6.07, 6.45) is 0.646. The first-order valence-electron chi connectivity index (χ1n) is 7.77. The van der Waals surface area contributed by atoms with Gasteiger partial charge in [-0.2, -0.15) is 0 Å². The largest absolute Gasteiger partial charge is 0.489 e. The quantitative estimate of drug-likeness (QED) is 0.861. The molecule has 0 N–H and O–H groups in total. The van der Waals surface area contributed by atoms with Crippen molar-refractivity contribution in [2.75, 3.05) is 18.0 Å². The van der Waals surface area contributed by atoms with Gasteiger partial charge in [0.05, 0.1) is 0 Å². The van der Waals surface area contributed by atoms with Crippen LogP contribution in [-0.4, -0.2) is 18.9 Å². The predicted octanol–water partition coefficient (Wildman–Crippen LogP) is 3.68. The highest BCUT2D eigenvalue weighted by molar-refractivity contribution is 5.83. The minimum absolute atomic E-state index is 0.128.